The first-order valence-corrected chi connectivity index (χ1v) is 8.68. The molecule has 2 N–H and O–H groups in total. The van der Waals surface area contributed by atoms with Gasteiger partial charge < -0.3 is 15.0 Å². The molecule has 0 saturated heterocycles. The molecule has 0 unspecified atom stereocenters. The monoisotopic (exact) mass is 365 g/mol. The molecule has 27 heavy (non-hydrogen) atoms. The van der Waals surface area contributed by atoms with E-state index in [-0.39, 0.29) is 5.91 Å². The summed E-state index contributed by atoms with van der Waals surface area (Å²) in [6, 6.07) is 15.2. The number of aromatic amines is 1. The minimum Gasteiger partial charge on any atom is -0.497 e. The summed E-state index contributed by atoms with van der Waals surface area (Å²) in [5, 5.41) is 9.99. The zero-order chi connectivity index (χ0) is 19.2. The van der Waals surface area contributed by atoms with E-state index in [9.17, 15) is 4.79 Å². The standard InChI is InChI=1S/C20H23N5O2/c1-25(2)20-22-18(23-24-20)15-5-4-6-16(13-15)19(26)21-12-11-14-7-9-17(27-3)10-8-14/h4-10,13H,11-12H2,1-3H3,(H,21,26)(H,22,23,24). The Bertz CT molecular complexity index is 903. The molecule has 0 radical (unpaired) electrons. The molecule has 0 aliphatic heterocycles. The highest BCUT2D eigenvalue weighted by Gasteiger charge is 2.10. The molecule has 140 valence electrons. The van der Waals surface area contributed by atoms with Crippen LogP contribution in [0.25, 0.3) is 11.4 Å². The molecule has 0 bridgehead atoms. The molecule has 0 aliphatic rings. The SMILES string of the molecule is COc1ccc(CCNC(=O)c2cccc(-c3nc(N(C)C)n[nH]3)c2)cc1. The number of ether oxygens (including phenoxy) is 1. The van der Waals surface area contributed by atoms with Gasteiger partial charge in [0.05, 0.1) is 7.11 Å². The minimum atomic E-state index is -0.113. The van der Waals surface area contributed by atoms with Gasteiger partial charge in [-0.15, -0.1) is 5.10 Å². The number of nitrogens with one attached hydrogen (secondary N) is 2. The number of nitrogens with zero attached hydrogens (tertiary/aromatic N) is 3. The largest absolute Gasteiger partial charge is 0.497 e. The number of rotatable bonds is 7. The van der Waals surface area contributed by atoms with Gasteiger partial charge in [0.1, 0.15) is 5.75 Å². The number of hydrogen-bond donors (Lipinski definition) is 2. The molecule has 2 aromatic carbocycles. The fourth-order valence-electron chi connectivity index (χ4n) is 2.60. The second kappa shape index (κ2) is 8.35. The van der Waals surface area contributed by atoms with E-state index in [0.29, 0.717) is 23.9 Å². The highest BCUT2D eigenvalue weighted by molar-refractivity contribution is 5.95. The van der Waals surface area contributed by atoms with Gasteiger partial charge >= 0.3 is 0 Å². The van der Waals surface area contributed by atoms with Crippen molar-refractivity contribution in [3.8, 4) is 17.1 Å². The second-order valence-corrected chi connectivity index (χ2v) is 6.31. The first kappa shape index (κ1) is 18.4. The smallest absolute Gasteiger partial charge is 0.251 e. The Morgan fingerprint density at radius 2 is 1.96 bits per heavy atom. The lowest BCUT2D eigenvalue weighted by atomic mass is 10.1. The third-order valence-electron chi connectivity index (χ3n) is 4.13. The Hall–Kier alpha value is -3.35. The van der Waals surface area contributed by atoms with Gasteiger partial charge in [0.25, 0.3) is 5.91 Å². The topological polar surface area (TPSA) is 83.1 Å². The van der Waals surface area contributed by atoms with Crippen LogP contribution < -0.4 is 15.0 Å². The maximum atomic E-state index is 12.4. The van der Waals surface area contributed by atoms with Crippen molar-refractivity contribution in [2.24, 2.45) is 0 Å². The Morgan fingerprint density at radius 1 is 1.19 bits per heavy atom. The van der Waals surface area contributed by atoms with Gasteiger partial charge in [0.15, 0.2) is 5.82 Å². The fourth-order valence-corrected chi connectivity index (χ4v) is 2.60. The van der Waals surface area contributed by atoms with Crippen molar-refractivity contribution in [3.05, 3.63) is 59.7 Å². The normalized spacial score (nSPS) is 10.5. The van der Waals surface area contributed by atoms with Gasteiger partial charge in [0, 0.05) is 31.8 Å². The summed E-state index contributed by atoms with van der Waals surface area (Å²) in [4.78, 5) is 18.7. The lowest BCUT2D eigenvalue weighted by Crippen LogP contribution is -2.25. The first-order chi connectivity index (χ1) is 13.1. The summed E-state index contributed by atoms with van der Waals surface area (Å²) in [6.45, 7) is 0.558. The van der Waals surface area contributed by atoms with E-state index in [1.165, 1.54) is 0 Å². The van der Waals surface area contributed by atoms with Gasteiger partial charge in [-0.25, -0.2) is 0 Å². The number of carbonyl (C=O) groups is 1. The van der Waals surface area contributed by atoms with Gasteiger partial charge in [-0.3, -0.25) is 9.89 Å². The maximum Gasteiger partial charge on any atom is 0.251 e. The molecule has 7 heteroatoms. The lowest BCUT2D eigenvalue weighted by molar-refractivity contribution is 0.0954. The summed E-state index contributed by atoms with van der Waals surface area (Å²) < 4.78 is 5.15. The highest BCUT2D eigenvalue weighted by Crippen LogP contribution is 2.18. The number of carbonyl (C=O) groups excluding carboxylic acids is 1. The Morgan fingerprint density at radius 3 is 2.63 bits per heavy atom. The molecule has 0 aliphatic carbocycles. The van der Waals surface area contributed by atoms with Crippen LogP contribution in [0.2, 0.25) is 0 Å². The summed E-state index contributed by atoms with van der Waals surface area (Å²) in [5.74, 6) is 1.94. The molecule has 1 aromatic heterocycles. The van der Waals surface area contributed by atoms with Gasteiger partial charge in [-0.2, -0.15) is 4.98 Å². The summed E-state index contributed by atoms with van der Waals surface area (Å²) in [5.41, 5.74) is 2.55. The molecule has 0 atom stereocenters. The second-order valence-electron chi connectivity index (χ2n) is 6.31. The highest BCUT2D eigenvalue weighted by atomic mass is 16.5. The third-order valence-corrected chi connectivity index (χ3v) is 4.13. The van der Waals surface area contributed by atoms with Crippen molar-refractivity contribution in [1.82, 2.24) is 20.5 Å². The lowest BCUT2D eigenvalue weighted by Gasteiger charge is -2.07. The van der Waals surface area contributed by atoms with E-state index in [1.807, 2.05) is 61.5 Å². The number of benzene rings is 2. The Kier molecular flexibility index (Phi) is 5.71. The zero-order valence-electron chi connectivity index (χ0n) is 15.7. The number of amides is 1. The average Bonchev–Trinajstić information content (AvgIpc) is 3.19. The maximum absolute atomic E-state index is 12.4. The minimum absolute atomic E-state index is 0.113. The van der Waals surface area contributed by atoms with Crippen molar-refractivity contribution in [3.63, 3.8) is 0 Å². The summed E-state index contributed by atoms with van der Waals surface area (Å²) >= 11 is 0. The Balaban J connectivity index is 1.61. The Labute approximate surface area is 158 Å². The van der Waals surface area contributed by atoms with Crippen molar-refractivity contribution in [2.45, 2.75) is 6.42 Å². The van der Waals surface area contributed by atoms with Crippen LogP contribution in [0.3, 0.4) is 0 Å². The van der Waals surface area contributed by atoms with Crippen LogP contribution in [-0.2, 0) is 6.42 Å². The number of hydrogen-bond acceptors (Lipinski definition) is 5. The number of H-pyrrole nitrogens is 1. The number of methoxy groups -OCH3 is 1. The van der Waals surface area contributed by atoms with Crippen LogP contribution in [-0.4, -0.2) is 48.8 Å². The molecule has 3 aromatic rings. The van der Waals surface area contributed by atoms with Crippen LogP contribution in [0.4, 0.5) is 5.95 Å². The van der Waals surface area contributed by atoms with E-state index in [0.717, 1.165) is 23.3 Å². The average molecular weight is 365 g/mol. The number of aromatic nitrogens is 3. The van der Waals surface area contributed by atoms with Crippen LogP contribution in [0.15, 0.2) is 48.5 Å². The summed E-state index contributed by atoms with van der Waals surface area (Å²) in [7, 11) is 5.39. The molecule has 1 heterocycles. The molecule has 7 nitrogen and oxygen atoms in total. The van der Waals surface area contributed by atoms with Crippen LogP contribution >= 0.6 is 0 Å². The van der Waals surface area contributed by atoms with Gasteiger partial charge in [-0.05, 0) is 36.2 Å². The molecule has 3 rings (SSSR count). The van der Waals surface area contributed by atoms with Crippen molar-refractivity contribution < 1.29 is 9.53 Å². The van der Waals surface area contributed by atoms with Crippen molar-refractivity contribution >= 4 is 11.9 Å². The quantitative estimate of drug-likeness (QED) is 0.672. The van der Waals surface area contributed by atoms with Crippen molar-refractivity contribution in [2.75, 3.05) is 32.6 Å². The molecule has 0 spiro atoms. The number of anilines is 1. The van der Waals surface area contributed by atoms with Gasteiger partial charge in [0.2, 0.25) is 5.95 Å². The predicted molar refractivity (Wildman–Crippen MR) is 105 cm³/mol. The molecular weight excluding hydrogens is 342 g/mol. The molecule has 1 amide bonds. The van der Waals surface area contributed by atoms with Crippen LogP contribution in [0, 0.1) is 0 Å². The predicted octanol–water partition coefficient (Wildman–Crippen LogP) is 2.52. The van der Waals surface area contributed by atoms with E-state index < -0.39 is 0 Å². The van der Waals surface area contributed by atoms with Crippen LogP contribution in [0.1, 0.15) is 15.9 Å². The van der Waals surface area contributed by atoms with Gasteiger partial charge in [-0.1, -0.05) is 24.3 Å². The molecular formula is C20H23N5O2. The summed E-state index contributed by atoms with van der Waals surface area (Å²) in [6.07, 6.45) is 0.754. The molecule has 0 fully saturated rings. The van der Waals surface area contributed by atoms with E-state index >= 15 is 0 Å². The van der Waals surface area contributed by atoms with E-state index in [2.05, 4.69) is 20.5 Å². The molecule has 0 saturated carbocycles. The first-order valence-electron chi connectivity index (χ1n) is 8.68. The van der Waals surface area contributed by atoms with E-state index in [1.54, 1.807) is 13.2 Å². The zero-order valence-corrected chi connectivity index (χ0v) is 15.7. The van der Waals surface area contributed by atoms with Crippen LogP contribution in [0.5, 0.6) is 5.75 Å². The third kappa shape index (κ3) is 4.63. The fraction of sp³-hybridized carbons (Fsp3) is 0.250. The van der Waals surface area contributed by atoms with E-state index in [4.69, 9.17) is 4.74 Å². The van der Waals surface area contributed by atoms with Crippen molar-refractivity contribution in [1.29, 1.82) is 0 Å².